The van der Waals surface area contributed by atoms with E-state index in [2.05, 4.69) is 15.8 Å². The summed E-state index contributed by atoms with van der Waals surface area (Å²) in [5.41, 5.74) is 5.11. The molecule has 1 aromatic carbocycles. The van der Waals surface area contributed by atoms with Crippen LogP contribution in [0.5, 0.6) is 0 Å². The molecule has 1 fully saturated rings. The third-order valence-electron chi connectivity index (χ3n) is 3.75. The van der Waals surface area contributed by atoms with E-state index in [1.807, 2.05) is 0 Å². The normalized spacial score (nSPS) is 16.6. The SMILES string of the molecule is O=C(NN[C@@H]1CC(=O)N(c2cccc([N+](=O)[O-])c2)C1=O)c1ccncc1. The number of anilines is 1. The minimum atomic E-state index is -0.965. The maximum absolute atomic E-state index is 12.5. The summed E-state index contributed by atoms with van der Waals surface area (Å²) in [5, 5.41) is 10.9. The number of imide groups is 1. The Labute approximate surface area is 146 Å². The van der Waals surface area contributed by atoms with Crippen LogP contribution >= 0.6 is 0 Å². The lowest BCUT2D eigenvalue weighted by Gasteiger charge is -2.15. The van der Waals surface area contributed by atoms with Crippen LogP contribution in [-0.4, -0.2) is 33.7 Å². The Balaban J connectivity index is 1.70. The first-order valence-electron chi connectivity index (χ1n) is 7.54. The molecule has 0 aliphatic carbocycles. The van der Waals surface area contributed by atoms with Crippen molar-refractivity contribution < 1.29 is 19.3 Å². The first-order chi connectivity index (χ1) is 12.5. The third-order valence-corrected chi connectivity index (χ3v) is 3.75. The monoisotopic (exact) mass is 355 g/mol. The van der Waals surface area contributed by atoms with Crippen molar-refractivity contribution in [3.63, 3.8) is 0 Å². The smallest absolute Gasteiger partial charge is 0.271 e. The van der Waals surface area contributed by atoms with Gasteiger partial charge in [-0.05, 0) is 18.2 Å². The second-order valence-corrected chi connectivity index (χ2v) is 5.44. The van der Waals surface area contributed by atoms with Crippen LogP contribution in [0.2, 0.25) is 0 Å². The molecule has 1 aliphatic heterocycles. The summed E-state index contributed by atoms with van der Waals surface area (Å²) in [4.78, 5) is 51.5. The van der Waals surface area contributed by atoms with Crippen molar-refractivity contribution in [2.75, 3.05) is 4.90 Å². The highest BCUT2D eigenvalue weighted by Gasteiger charge is 2.40. The Morgan fingerprint density at radius 3 is 2.65 bits per heavy atom. The van der Waals surface area contributed by atoms with Gasteiger partial charge in [0.25, 0.3) is 17.5 Å². The van der Waals surface area contributed by atoms with Gasteiger partial charge < -0.3 is 0 Å². The number of rotatable bonds is 5. The van der Waals surface area contributed by atoms with Crippen molar-refractivity contribution in [2.45, 2.75) is 12.5 Å². The van der Waals surface area contributed by atoms with Crippen molar-refractivity contribution >= 4 is 29.1 Å². The summed E-state index contributed by atoms with van der Waals surface area (Å²) in [6, 6.07) is 7.25. The first kappa shape index (κ1) is 17.2. The number of hydrogen-bond acceptors (Lipinski definition) is 7. The number of nitrogens with zero attached hydrogens (tertiary/aromatic N) is 3. The van der Waals surface area contributed by atoms with Crippen molar-refractivity contribution in [3.8, 4) is 0 Å². The summed E-state index contributed by atoms with van der Waals surface area (Å²) < 4.78 is 0. The molecule has 1 atom stereocenters. The molecule has 1 saturated heterocycles. The Bertz CT molecular complexity index is 886. The van der Waals surface area contributed by atoms with E-state index in [1.54, 1.807) is 0 Å². The number of non-ortho nitro benzene ring substituents is 1. The van der Waals surface area contributed by atoms with Gasteiger partial charge in [0.1, 0.15) is 6.04 Å². The molecule has 0 spiro atoms. The van der Waals surface area contributed by atoms with Gasteiger partial charge in [-0.3, -0.25) is 34.9 Å². The molecule has 1 aliphatic rings. The molecule has 26 heavy (non-hydrogen) atoms. The van der Waals surface area contributed by atoms with E-state index in [1.165, 1.54) is 42.7 Å². The molecule has 132 valence electrons. The fourth-order valence-electron chi connectivity index (χ4n) is 2.49. The van der Waals surface area contributed by atoms with Gasteiger partial charge in [0.05, 0.1) is 17.0 Å². The maximum Gasteiger partial charge on any atom is 0.271 e. The molecule has 10 heteroatoms. The molecule has 3 rings (SSSR count). The Morgan fingerprint density at radius 2 is 1.96 bits per heavy atom. The number of nitrogens with one attached hydrogen (secondary N) is 2. The highest BCUT2D eigenvalue weighted by atomic mass is 16.6. The van der Waals surface area contributed by atoms with E-state index >= 15 is 0 Å². The minimum Gasteiger partial charge on any atom is -0.287 e. The van der Waals surface area contributed by atoms with Crippen molar-refractivity contribution in [3.05, 3.63) is 64.5 Å². The van der Waals surface area contributed by atoms with Crippen LogP contribution in [0.15, 0.2) is 48.8 Å². The number of benzene rings is 1. The number of nitro groups is 1. The van der Waals surface area contributed by atoms with Gasteiger partial charge in [0.2, 0.25) is 5.91 Å². The highest BCUT2D eigenvalue weighted by molar-refractivity contribution is 6.22. The van der Waals surface area contributed by atoms with Gasteiger partial charge in [0.15, 0.2) is 0 Å². The van der Waals surface area contributed by atoms with Gasteiger partial charge in [0, 0.05) is 30.1 Å². The fraction of sp³-hybridized carbons (Fsp3) is 0.125. The fourth-order valence-corrected chi connectivity index (χ4v) is 2.49. The topological polar surface area (TPSA) is 135 Å². The molecule has 0 unspecified atom stereocenters. The molecule has 0 saturated carbocycles. The molecule has 2 N–H and O–H groups in total. The standard InChI is InChI=1S/C16H13N5O5/c22-14-9-13(18-19-15(23)10-4-6-17-7-5-10)16(24)20(14)11-2-1-3-12(8-11)21(25)26/h1-8,13,18H,9H2,(H,19,23)/t13-/m1/s1. The van der Waals surface area contributed by atoms with Gasteiger partial charge in [-0.15, -0.1) is 0 Å². The highest BCUT2D eigenvalue weighted by Crippen LogP contribution is 2.26. The molecular weight excluding hydrogens is 342 g/mol. The van der Waals surface area contributed by atoms with E-state index in [-0.39, 0.29) is 17.8 Å². The summed E-state index contributed by atoms with van der Waals surface area (Å²) in [6.45, 7) is 0. The lowest BCUT2D eigenvalue weighted by molar-refractivity contribution is -0.384. The van der Waals surface area contributed by atoms with Crippen LogP contribution in [0.4, 0.5) is 11.4 Å². The minimum absolute atomic E-state index is 0.110. The maximum atomic E-state index is 12.5. The Morgan fingerprint density at radius 1 is 1.23 bits per heavy atom. The predicted molar refractivity (Wildman–Crippen MR) is 88.8 cm³/mol. The van der Waals surface area contributed by atoms with Crippen LogP contribution in [0.1, 0.15) is 16.8 Å². The zero-order chi connectivity index (χ0) is 18.7. The molecule has 10 nitrogen and oxygen atoms in total. The number of pyridine rings is 1. The lowest BCUT2D eigenvalue weighted by atomic mass is 10.2. The van der Waals surface area contributed by atoms with Gasteiger partial charge in [-0.2, -0.15) is 0 Å². The number of carbonyl (C=O) groups is 3. The molecule has 2 aromatic rings. The van der Waals surface area contributed by atoms with E-state index in [0.717, 1.165) is 11.0 Å². The molecule has 1 aromatic heterocycles. The molecular formula is C16H13N5O5. The first-order valence-corrected chi connectivity index (χ1v) is 7.54. The third kappa shape index (κ3) is 3.39. The van der Waals surface area contributed by atoms with Gasteiger partial charge in [-0.1, -0.05) is 6.07 Å². The van der Waals surface area contributed by atoms with Crippen LogP contribution in [0, 0.1) is 10.1 Å². The second kappa shape index (κ2) is 7.07. The average Bonchev–Trinajstić information content (AvgIpc) is 2.94. The van der Waals surface area contributed by atoms with Gasteiger partial charge in [-0.25, -0.2) is 10.3 Å². The van der Waals surface area contributed by atoms with E-state index in [4.69, 9.17) is 0 Å². The molecule has 0 bridgehead atoms. The summed E-state index contributed by atoms with van der Waals surface area (Å²) in [5.74, 6) is -1.61. The van der Waals surface area contributed by atoms with E-state index < -0.39 is 28.7 Å². The zero-order valence-electron chi connectivity index (χ0n) is 13.3. The number of hydrazine groups is 1. The van der Waals surface area contributed by atoms with Crippen LogP contribution < -0.4 is 15.8 Å². The summed E-state index contributed by atoms with van der Waals surface area (Å²) in [7, 11) is 0. The van der Waals surface area contributed by atoms with E-state index in [0.29, 0.717) is 5.56 Å². The lowest BCUT2D eigenvalue weighted by Crippen LogP contribution is -2.48. The predicted octanol–water partition coefficient (Wildman–Crippen LogP) is 0.556. The number of amides is 3. The summed E-state index contributed by atoms with van der Waals surface area (Å²) >= 11 is 0. The molecule has 3 amide bonds. The van der Waals surface area contributed by atoms with E-state index in [9.17, 15) is 24.5 Å². The summed E-state index contributed by atoms with van der Waals surface area (Å²) in [6.07, 6.45) is 2.71. The number of carbonyl (C=O) groups excluding carboxylic acids is 3. The van der Waals surface area contributed by atoms with Crippen molar-refractivity contribution in [1.29, 1.82) is 0 Å². The number of nitro benzene ring substituents is 1. The number of hydrogen-bond donors (Lipinski definition) is 2. The largest absolute Gasteiger partial charge is 0.287 e. The molecule has 0 radical (unpaired) electrons. The second-order valence-electron chi connectivity index (χ2n) is 5.44. The zero-order valence-corrected chi connectivity index (χ0v) is 13.3. The van der Waals surface area contributed by atoms with Crippen LogP contribution in [0.25, 0.3) is 0 Å². The van der Waals surface area contributed by atoms with Crippen molar-refractivity contribution in [2.24, 2.45) is 0 Å². The Kier molecular flexibility index (Phi) is 4.67. The molecule has 2 heterocycles. The number of aromatic nitrogens is 1. The average molecular weight is 355 g/mol. The van der Waals surface area contributed by atoms with Crippen LogP contribution in [-0.2, 0) is 9.59 Å². The van der Waals surface area contributed by atoms with Crippen molar-refractivity contribution in [1.82, 2.24) is 15.8 Å². The van der Waals surface area contributed by atoms with Gasteiger partial charge >= 0.3 is 0 Å². The quantitative estimate of drug-likeness (QED) is 0.454. The Hall–Kier alpha value is -3.66. The van der Waals surface area contributed by atoms with Crippen LogP contribution in [0.3, 0.4) is 0 Å².